The quantitative estimate of drug-likeness (QED) is 0.658. The lowest BCUT2D eigenvalue weighted by Gasteiger charge is -2.38. The van der Waals surface area contributed by atoms with E-state index in [1.54, 1.807) is 30.5 Å². The summed E-state index contributed by atoms with van der Waals surface area (Å²) in [5.74, 6) is 0.557. The molecule has 0 unspecified atom stereocenters. The van der Waals surface area contributed by atoms with Gasteiger partial charge in [-0.3, -0.25) is 9.78 Å². The lowest BCUT2D eigenvalue weighted by atomic mass is 10.0. The number of aromatic nitrogens is 3. The van der Waals surface area contributed by atoms with Crippen molar-refractivity contribution in [1.29, 1.82) is 0 Å². The molecule has 2 fully saturated rings. The molecule has 144 valence electrons. The average Bonchev–Trinajstić information content (AvgIpc) is 3.50. The highest BCUT2D eigenvalue weighted by molar-refractivity contribution is 7.89. The van der Waals surface area contributed by atoms with Crippen molar-refractivity contribution in [1.82, 2.24) is 19.1 Å². The van der Waals surface area contributed by atoms with E-state index >= 15 is 0 Å². The van der Waals surface area contributed by atoms with Gasteiger partial charge in [-0.25, -0.2) is 13.1 Å². The van der Waals surface area contributed by atoms with Gasteiger partial charge in [0.1, 0.15) is 4.90 Å². The average molecular weight is 396 g/mol. The van der Waals surface area contributed by atoms with Crippen LogP contribution in [-0.4, -0.2) is 40.6 Å². The third-order valence-electron chi connectivity index (χ3n) is 5.45. The molecule has 0 N–H and O–H groups in total. The van der Waals surface area contributed by atoms with Gasteiger partial charge in [0.05, 0.1) is 17.8 Å². The van der Waals surface area contributed by atoms with Crippen LogP contribution in [0.25, 0.3) is 10.9 Å². The second kappa shape index (κ2) is 6.49. The highest BCUT2D eigenvalue weighted by Gasteiger charge is 2.38. The molecule has 0 radical (unpaired) electrons. The number of nitrogens with zero attached hydrogens (tertiary/aromatic N) is 4. The third-order valence-corrected chi connectivity index (χ3v) is 7.31. The van der Waals surface area contributed by atoms with Crippen molar-refractivity contribution in [3.63, 3.8) is 0 Å². The highest BCUT2D eigenvalue weighted by atomic mass is 32.2. The second-order valence-corrected chi connectivity index (χ2v) is 9.48. The van der Waals surface area contributed by atoms with Crippen LogP contribution in [0.2, 0.25) is 0 Å². The minimum Gasteiger partial charge on any atom is -0.268 e. The first-order valence-electron chi connectivity index (χ1n) is 9.44. The summed E-state index contributed by atoms with van der Waals surface area (Å²) in [5, 5.41) is 5.27. The number of fused-ring (bicyclic) bond motifs is 1. The first-order chi connectivity index (χ1) is 13.5. The number of benzene rings is 1. The van der Waals surface area contributed by atoms with Gasteiger partial charge in [-0.15, -0.1) is 0 Å². The normalized spacial score (nSPS) is 18.3. The molecule has 1 aliphatic carbocycles. The largest absolute Gasteiger partial charge is 0.268 e. The first-order valence-corrected chi connectivity index (χ1v) is 10.9. The van der Waals surface area contributed by atoms with Crippen LogP contribution in [-0.2, 0) is 16.6 Å². The summed E-state index contributed by atoms with van der Waals surface area (Å²) >= 11 is 0. The van der Waals surface area contributed by atoms with Gasteiger partial charge in [0.25, 0.3) is 5.56 Å². The molecule has 1 saturated heterocycles. The summed E-state index contributed by atoms with van der Waals surface area (Å²) < 4.78 is 29.0. The van der Waals surface area contributed by atoms with Gasteiger partial charge in [0.2, 0.25) is 10.0 Å². The zero-order chi connectivity index (χ0) is 19.3. The van der Waals surface area contributed by atoms with Crippen LogP contribution in [0.4, 0.5) is 0 Å². The van der Waals surface area contributed by atoms with E-state index in [4.69, 9.17) is 0 Å². The SMILES string of the molecule is O=c1ccc(C2CC2)nn1CC1CN(S(=O)(=O)c2cccc3cccnc23)C1. The number of sulfonamides is 1. The molecule has 2 aliphatic rings. The van der Waals surface area contributed by atoms with Gasteiger partial charge in [-0.1, -0.05) is 18.2 Å². The molecule has 3 aromatic rings. The van der Waals surface area contributed by atoms with Crippen LogP contribution < -0.4 is 5.56 Å². The molecule has 2 aromatic heterocycles. The molecule has 0 bridgehead atoms. The molecule has 3 heterocycles. The number of para-hydroxylation sites is 1. The molecular formula is C20H20N4O3S. The molecule has 1 aromatic carbocycles. The Hall–Kier alpha value is -2.58. The summed E-state index contributed by atoms with van der Waals surface area (Å²) in [6.07, 6.45) is 3.85. The zero-order valence-corrected chi connectivity index (χ0v) is 16.0. The van der Waals surface area contributed by atoms with Gasteiger partial charge in [-0.05, 0) is 31.0 Å². The molecule has 7 nitrogen and oxygen atoms in total. The predicted octanol–water partition coefficient (Wildman–Crippen LogP) is 1.99. The summed E-state index contributed by atoms with van der Waals surface area (Å²) in [7, 11) is -3.61. The van der Waals surface area contributed by atoms with Crippen LogP contribution in [0.5, 0.6) is 0 Å². The summed E-state index contributed by atoms with van der Waals surface area (Å²) in [6.45, 7) is 1.21. The molecule has 8 heteroatoms. The van der Waals surface area contributed by atoms with Crippen molar-refractivity contribution in [3.05, 3.63) is 64.7 Å². The van der Waals surface area contributed by atoms with Crippen LogP contribution in [0, 0.1) is 5.92 Å². The molecule has 1 saturated carbocycles. The lowest BCUT2D eigenvalue weighted by Crippen LogP contribution is -2.52. The Morgan fingerprint density at radius 2 is 1.82 bits per heavy atom. The maximum Gasteiger partial charge on any atom is 0.266 e. The molecule has 0 spiro atoms. The molecule has 0 atom stereocenters. The summed E-state index contributed by atoms with van der Waals surface area (Å²) in [4.78, 5) is 16.6. The monoisotopic (exact) mass is 396 g/mol. The van der Waals surface area contributed by atoms with Crippen LogP contribution in [0.3, 0.4) is 0 Å². The summed E-state index contributed by atoms with van der Waals surface area (Å²) in [5.41, 5.74) is 1.32. The Bertz CT molecular complexity index is 1210. The van der Waals surface area contributed by atoms with Gasteiger partial charge >= 0.3 is 0 Å². The van der Waals surface area contributed by atoms with Crippen molar-refractivity contribution in [2.24, 2.45) is 5.92 Å². The van der Waals surface area contributed by atoms with E-state index in [2.05, 4.69) is 10.1 Å². The Labute approximate surface area is 162 Å². The molecule has 5 rings (SSSR count). The van der Waals surface area contributed by atoms with Crippen LogP contribution in [0.15, 0.2) is 58.4 Å². The Balaban J connectivity index is 1.34. The first kappa shape index (κ1) is 17.5. The minimum absolute atomic E-state index is 0.0809. The number of pyridine rings is 1. The standard InChI is InChI=1S/C20H20N4O3S/c25-19-9-8-17(15-6-7-15)22-24(19)13-14-11-23(12-14)28(26,27)18-5-1-3-16-4-2-10-21-20(16)18/h1-5,8-10,14-15H,6-7,11-13H2. The van der Waals surface area contributed by atoms with Gasteiger partial charge in [0, 0.05) is 42.6 Å². The number of hydrogen-bond donors (Lipinski definition) is 0. The van der Waals surface area contributed by atoms with Gasteiger partial charge in [0.15, 0.2) is 0 Å². The molecule has 28 heavy (non-hydrogen) atoms. The van der Waals surface area contributed by atoms with Crippen LogP contribution in [0.1, 0.15) is 24.5 Å². The number of rotatable bonds is 5. The van der Waals surface area contributed by atoms with E-state index in [9.17, 15) is 13.2 Å². The van der Waals surface area contributed by atoms with Gasteiger partial charge in [-0.2, -0.15) is 9.40 Å². The Morgan fingerprint density at radius 1 is 1.04 bits per heavy atom. The van der Waals surface area contributed by atoms with Crippen molar-refractivity contribution in [3.8, 4) is 0 Å². The van der Waals surface area contributed by atoms with Crippen LogP contribution >= 0.6 is 0 Å². The van der Waals surface area contributed by atoms with Crippen molar-refractivity contribution in [2.75, 3.05) is 13.1 Å². The highest BCUT2D eigenvalue weighted by Crippen LogP contribution is 2.38. The van der Waals surface area contributed by atoms with E-state index in [-0.39, 0.29) is 16.4 Å². The second-order valence-electron chi connectivity index (χ2n) is 7.57. The maximum atomic E-state index is 13.0. The fourth-order valence-corrected chi connectivity index (χ4v) is 5.45. The van der Waals surface area contributed by atoms with Crippen molar-refractivity contribution < 1.29 is 8.42 Å². The molecule has 1 aliphatic heterocycles. The number of hydrogen-bond acceptors (Lipinski definition) is 5. The fourth-order valence-electron chi connectivity index (χ4n) is 3.69. The Morgan fingerprint density at radius 3 is 2.61 bits per heavy atom. The lowest BCUT2D eigenvalue weighted by molar-refractivity contribution is 0.172. The van der Waals surface area contributed by atoms with E-state index in [0.717, 1.165) is 23.9 Å². The van der Waals surface area contributed by atoms with E-state index in [0.29, 0.717) is 31.1 Å². The third kappa shape index (κ3) is 3.02. The van der Waals surface area contributed by atoms with E-state index in [1.807, 2.05) is 18.2 Å². The summed E-state index contributed by atoms with van der Waals surface area (Å²) in [6, 6.07) is 12.2. The smallest absolute Gasteiger partial charge is 0.266 e. The maximum absolute atomic E-state index is 13.0. The van der Waals surface area contributed by atoms with Gasteiger partial charge < -0.3 is 0 Å². The van der Waals surface area contributed by atoms with Crippen molar-refractivity contribution in [2.45, 2.75) is 30.2 Å². The van der Waals surface area contributed by atoms with Crippen molar-refractivity contribution >= 4 is 20.9 Å². The fraction of sp³-hybridized carbons (Fsp3) is 0.350. The topological polar surface area (TPSA) is 85.2 Å². The predicted molar refractivity (Wildman–Crippen MR) is 104 cm³/mol. The molecule has 0 amide bonds. The zero-order valence-electron chi connectivity index (χ0n) is 15.2. The van der Waals surface area contributed by atoms with E-state index < -0.39 is 10.0 Å². The van der Waals surface area contributed by atoms with E-state index in [1.165, 1.54) is 8.99 Å². The Kier molecular flexibility index (Phi) is 4.06. The minimum atomic E-state index is -3.61. The molecular weight excluding hydrogens is 376 g/mol.